The molecule has 2 aliphatic heterocycles. The zero-order valence-electron chi connectivity index (χ0n) is 12.5. The molecule has 116 valence electrons. The van der Waals surface area contributed by atoms with Crippen molar-refractivity contribution in [3.63, 3.8) is 0 Å². The number of hydrogen-bond acceptors (Lipinski definition) is 4. The van der Waals surface area contributed by atoms with E-state index in [0.29, 0.717) is 12.8 Å². The fraction of sp³-hybridized carbons (Fsp3) is 0.923. The van der Waals surface area contributed by atoms with Crippen molar-refractivity contribution in [1.82, 2.24) is 9.62 Å². The molecule has 7 heteroatoms. The minimum Gasteiger partial charge on any atom is -0.444 e. The largest absolute Gasteiger partial charge is 0.444 e. The summed E-state index contributed by atoms with van der Waals surface area (Å²) in [5.74, 6) is 0. The van der Waals surface area contributed by atoms with Crippen LogP contribution in [0.25, 0.3) is 0 Å². The lowest BCUT2D eigenvalue weighted by Gasteiger charge is -2.37. The molecule has 2 atom stereocenters. The molecule has 20 heavy (non-hydrogen) atoms. The van der Waals surface area contributed by atoms with Crippen LogP contribution in [0.15, 0.2) is 0 Å². The molecule has 2 bridgehead atoms. The fourth-order valence-electron chi connectivity index (χ4n) is 3.27. The van der Waals surface area contributed by atoms with E-state index in [-0.39, 0.29) is 18.1 Å². The smallest absolute Gasteiger partial charge is 0.407 e. The molecule has 2 saturated heterocycles. The van der Waals surface area contributed by atoms with Crippen LogP contribution >= 0.6 is 0 Å². The van der Waals surface area contributed by atoms with E-state index >= 15 is 0 Å². The van der Waals surface area contributed by atoms with Crippen LogP contribution in [0.4, 0.5) is 4.79 Å². The molecule has 0 aromatic carbocycles. The maximum atomic E-state index is 11.8. The van der Waals surface area contributed by atoms with E-state index < -0.39 is 21.7 Å². The number of alkyl carbamates (subject to hydrolysis) is 1. The van der Waals surface area contributed by atoms with Gasteiger partial charge in [-0.25, -0.2) is 13.2 Å². The lowest BCUT2D eigenvalue weighted by molar-refractivity contribution is 0.0476. The van der Waals surface area contributed by atoms with Crippen LogP contribution < -0.4 is 5.32 Å². The Balaban J connectivity index is 1.95. The number of sulfonamides is 1. The summed E-state index contributed by atoms with van der Waals surface area (Å²) in [6.07, 6.45) is 3.94. The summed E-state index contributed by atoms with van der Waals surface area (Å²) in [6.45, 7) is 5.47. The zero-order chi connectivity index (χ0) is 15.1. The molecule has 0 spiro atoms. The van der Waals surface area contributed by atoms with Crippen molar-refractivity contribution in [1.29, 1.82) is 0 Å². The molecule has 6 nitrogen and oxygen atoms in total. The topological polar surface area (TPSA) is 75.7 Å². The van der Waals surface area contributed by atoms with Gasteiger partial charge < -0.3 is 10.1 Å². The first kappa shape index (κ1) is 15.6. The van der Waals surface area contributed by atoms with Gasteiger partial charge in [0.15, 0.2) is 0 Å². The van der Waals surface area contributed by atoms with E-state index in [1.54, 1.807) is 4.31 Å². The van der Waals surface area contributed by atoms with Gasteiger partial charge in [-0.2, -0.15) is 4.31 Å². The number of piperidine rings is 1. The number of carbonyl (C=O) groups excluding carboxylic acids is 1. The van der Waals surface area contributed by atoms with Gasteiger partial charge >= 0.3 is 6.09 Å². The average molecular weight is 304 g/mol. The first-order valence-electron chi connectivity index (χ1n) is 7.04. The number of fused-ring (bicyclic) bond motifs is 2. The van der Waals surface area contributed by atoms with Crippen molar-refractivity contribution in [3.05, 3.63) is 0 Å². The van der Waals surface area contributed by atoms with Crippen LogP contribution in [0.2, 0.25) is 0 Å². The van der Waals surface area contributed by atoms with Crippen molar-refractivity contribution >= 4 is 16.1 Å². The highest BCUT2D eigenvalue weighted by atomic mass is 32.2. The molecular weight excluding hydrogens is 280 g/mol. The predicted molar refractivity (Wildman–Crippen MR) is 75.9 cm³/mol. The Hall–Kier alpha value is -0.820. The van der Waals surface area contributed by atoms with E-state index in [4.69, 9.17) is 4.74 Å². The Kier molecular flexibility index (Phi) is 4.03. The van der Waals surface area contributed by atoms with Crippen LogP contribution in [0.3, 0.4) is 0 Å². The average Bonchev–Trinajstić information content (AvgIpc) is 2.48. The third-order valence-corrected chi connectivity index (χ3v) is 5.13. The minimum absolute atomic E-state index is 0.000324. The SMILES string of the molecule is CC(C)(C)OC(=O)NC1CC2CCC(C1)N2S(C)(=O)=O. The Morgan fingerprint density at radius 3 is 2.10 bits per heavy atom. The van der Waals surface area contributed by atoms with E-state index in [0.717, 1.165) is 12.8 Å². The number of nitrogens with one attached hydrogen (secondary N) is 1. The molecule has 1 amide bonds. The highest BCUT2D eigenvalue weighted by Gasteiger charge is 2.45. The van der Waals surface area contributed by atoms with Gasteiger partial charge in [0.05, 0.1) is 6.26 Å². The highest BCUT2D eigenvalue weighted by molar-refractivity contribution is 7.88. The lowest BCUT2D eigenvalue weighted by atomic mass is 10.00. The van der Waals surface area contributed by atoms with Gasteiger partial charge in [-0.3, -0.25) is 0 Å². The first-order valence-corrected chi connectivity index (χ1v) is 8.89. The second-order valence-electron chi connectivity index (χ2n) is 6.79. The molecule has 2 aliphatic rings. The van der Waals surface area contributed by atoms with Gasteiger partial charge in [0, 0.05) is 18.1 Å². The molecule has 2 heterocycles. The molecule has 1 N–H and O–H groups in total. The van der Waals surface area contributed by atoms with Gasteiger partial charge in [-0.1, -0.05) is 0 Å². The molecule has 2 rings (SSSR count). The fourth-order valence-corrected chi connectivity index (χ4v) is 4.73. The molecule has 0 aromatic rings. The van der Waals surface area contributed by atoms with Crippen LogP contribution in [0.1, 0.15) is 46.5 Å². The molecule has 0 aliphatic carbocycles. The first-order chi connectivity index (χ1) is 9.06. The standard InChI is InChI=1S/C13H24N2O4S/c1-13(2,3)19-12(16)14-9-7-10-5-6-11(8-9)15(10)20(4,17)18/h9-11H,5-8H2,1-4H3,(H,14,16). The summed E-state index contributed by atoms with van der Waals surface area (Å²) in [7, 11) is -3.15. The highest BCUT2D eigenvalue weighted by Crippen LogP contribution is 2.37. The molecular formula is C13H24N2O4S. The van der Waals surface area contributed by atoms with Crippen molar-refractivity contribution in [3.8, 4) is 0 Å². The molecule has 2 unspecified atom stereocenters. The van der Waals surface area contributed by atoms with Gasteiger partial charge in [0.25, 0.3) is 0 Å². The van der Waals surface area contributed by atoms with Crippen molar-refractivity contribution < 1.29 is 17.9 Å². The maximum absolute atomic E-state index is 11.8. The Labute approximate surface area is 120 Å². The number of amides is 1. The van der Waals surface area contributed by atoms with Crippen LogP contribution in [-0.4, -0.2) is 48.8 Å². The van der Waals surface area contributed by atoms with Crippen molar-refractivity contribution in [2.75, 3.05) is 6.26 Å². The number of rotatable bonds is 2. The van der Waals surface area contributed by atoms with Crippen LogP contribution in [0, 0.1) is 0 Å². The third-order valence-electron chi connectivity index (χ3n) is 3.77. The second kappa shape index (κ2) is 5.18. The normalized spacial score (nSPS) is 31.1. The van der Waals surface area contributed by atoms with Gasteiger partial charge in [-0.15, -0.1) is 0 Å². The summed E-state index contributed by atoms with van der Waals surface area (Å²) in [6, 6.07) is 0.0349. The monoisotopic (exact) mass is 304 g/mol. The second-order valence-corrected chi connectivity index (χ2v) is 8.68. The molecule has 0 aromatic heterocycles. The summed E-state index contributed by atoms with van der Waals surface area (Å²) in [5, 5.41) is 2.87. The lowest BCUT2D eigenvalue weighted by Crippen LogP contribution is -2.52. The van der Waals surface area contributed by atoms with Gasteiger partial charge in [0.1, 0.15) is 5.60 Å². The number of nitrogens with zero attached hydrogens (tertiary/aromatic N) is 1. The quantitative estimate of drug-likeness (QED) is 0.838. The van der Waals surface area contributed by atoms with Gasteiger partial charge in [0.2, 0.25) is 10.0 Å². The molecule has 0 saturated carbocycles. The van der Waals surface area contributed by atoms with E-state index in [1.807, 2.05) is 20.8 Å². The summed E-state index contributed by atoms with van der Waals surface area (Å²) in [5.41, 5.74) is -0.517. The van der Waals surface area contributed by atoms with Crippen molar-refractivity contribution in [2.24, 2.45) is 0 Å². The molecule has 2 fully saturated rings. The van der Waals surface area contributed by atoms with Crippen molar-refractivity contribution in [2.45, 2.75) is 70.2 Å². The third kappa shape index (κ3) is 3.63. The number of ether oxygens (including phenoxy) is 1. The molecule has 0 radical (unpaired) electrons. The Bertz CT molecular complexity index is 469. The predicted octanol–water partition coefficient (Wildman–Crippen LogP) is 1.47. The maximum Gasteiger partial charge on any atom is 0.407 e. The van der Waals surface area contributed by atoms with Crippen LogP contribution in [0.5, 0.6) is 0 Å². The Morgan fingerprint density at radius 2 is 1.70 bits per heavy atom. The number of carbonyl (C=O) groups is 1. The minimum atomic E-state index is -3.15. The summed E-state index contributed by atoms with van der Waals surface area (Å²) in [4.78, 5) is 11.8. The zero-order valence-corrected chi connectivity index (χ0v) is 13.4. The van der Waals surface area contributed by atoms with E-state index in [9.17, 15) is 13.2 Å². The van der Waals surface area contributed by atoms with E-state index in [1.165, 1.54) is 6.26 Å². The number of hydrogen-bond donors (Lipinski definition) is 1. The summed E-state index contributed by atoms with van der Waals surface area (Å²) >= 11 is 0. The summed E-state index contributed by atoms with van der Waals surface area (Å²) < 4.78 is 30.4. The van der Waals surface area contributed by atoms with Crippen LogP contribution in [-0.2, 0) is 14.8 Å². The van der Waals surface area contributed by atoms with Gasteiger partial charge in [-0.05, 0) is 46.5 Å². The van der Waals surface area contributed by atoms with E-state index in [2.05, 4.69) is 5.32 Å². The Morgan fingerprint density at radius 1 is 1.20 bits per heavy atom.